The molecule has 0 aromatic heterocycles. The summed E-state index contributed by atoms with van der Waals surface area (Å²) in [6.45, 7) is 4.48. The SMILES string of the molecule is CCCCCCCCC=CCCCCCCCCOC(=O)N[C@@H](C)[C@H](O)c1ccccc1. The van der Waals surface area contributed by atoms with Gasteiger partial charge in [0, 0.05) is 0 Å². The fourth-order valence-corrected chi connectivity index (χ4v) is 3.76. The van der Waals surface area contributed by atoms with E-state index in [-0.39, 0.29) is 0 Å². The molecule has 1 aromatic carbocycles. The summed E-state index contributed by atoms with van der Waals surface area (Å²) >= 11 is 0. The van der Waals surface area contributed by atoms with E-state index in [2.05, 4.69) is 24.4 Å². The van der Waals surface area contributed by atoms with E-state index in [0.717, 1.165) is 18.4 Å². The lowest BCUT2D eigenvalue weighted by molar-refractivity contribution is 0.109. The van der Waals surface area contributed by atoms with Gasteiger partial charge in [-0.3, -0.25) is 0 Å². The highest BCUT2D eigenvalue weighted by atomic mass is 16.5. The minimum Gasteiger partial charge on any atom is -0.450 e. The number of aliphatic hydroxyl groups excluding tert-OH is 1. The van der Waals surface area contributed by atoms with Crippen LogP contribution in [-0.4, -0.2) is 23.8 Å². The van der Waals surface area contributed by atoms with Gasteiger partial charge in [-0.2, -0.15) is 0 Å². The zero-order valence-electron chi connectivity index (χ0n) is 20.6. The number of aliphatic hydroxyl groups is 1. The van der Waals surface area contributed by atoms with Gasteiger partial charge in [-0.15, -0.1) is 0 Å². The minimum absolute atomic E-state index is 0.398. The molecule has 0 aliphatic rings. The number of nitrogens with one attached hydrogen (secondary N) is 1. The van der Waals surface area contributed by atoms with Crippen molar-refractivity contribution in [2.45, 2.75) is 116 Å². The van der Waals surface area contributed by atoms with Gasteiger partial charge in [0.25, 0.3) is 0 Å². The van der Waals surface area contributed by atoms with E-state index in [1.54, 1.807) is 6.92 Å². The molecule has 182 valence electrons. The van der Waals surface area contributed by atoms with E-state index in [0.29, 0.717) is 6.61 Å². The van der Waals surface area contributed by atoms with E-state index in [1.807, 2.05) is 30.3 Å². The lowest BCUT2D eigenvalue weighted by Gasteiger charge is -2.20. The maximum absolute atomic E-state index is 11.9. The molecule has 0 fully saturated rings. The molecule has 4 heteroatoms. The number of hydrogen-bond donors (Lipinski definition) is 2. The Morgan fingerprint density at radius 3 is 2.00 bits per heavy atom. The van der Waals surface area contributed by atoms with Gasteiger partial charge in [-0.1, -0.05) is 107 Å². The van der Waals surface area contributed by atoms with Crippen molar-refractivity contribution in [3.63, 3.8) is 0 Å². The van der Waals surface area contributed by atoms with Crippen molar-refractivity contribution < 1.29 is 14.6 Å². The largest absolute Gasteiger partial charge is 0.450 e. The third kappa shape index (κ3) is 15.1. The first-order valence-electron chi connectivity index (χ1n) is 13.0. The smallest absolute Gasteiger partial charge is 0.407 e. The number of alkyl carbamates (subject to hydrolysis) is 1. The highest BCUT2D eigenvalue weighted by molar-refractivity contribution is 5.67. The van der Waals surface area contributed by atoms with Crippen LogP contribution >= 0.6 is 0 Å². The van der Waals surface area contributed by atoms with Crippen LogP contribution in [0.1, 0.15) is 115 Å². The number of benzene rings is 1. The van der Waals surface area contributed by atoms with Crippen molar-refractivity contribution in [3.8, 4) is 0 Å². The Hall–Kier alpha value is -1.81. The van der Waals surface area contributed by atoms with Gasteiger partial charge < -0.3 is 15.2 Å². The van der Waals surface area contributed by atoms with Crippen molar-refractivity contribution in [1.82, 2.24) is 5.32 Å². The van der Waals surface area contributed by atoms with Gasteiger partial charge >= 0.3 is 6.09 Å². The third-order valence-corrected chi connectivity index (χ3v) is 5.85. The standard InChI is InChI=1S/C28H47NO3/c1-3-4-5-6-7-8-9-10-11-12-13-14-15-16-17-21-24-32-28(31)29-25(2)27(30)26-22-19-18-20-23-26/h10-11,18-20,22-23,25,27,30H,3-9,12-17,21,24H2,1-2H3,(H,29,31)/t25-,27-/m0/s1. The van der Waals surface area contributed by atoms with Gasteiger partial charge in [-0.05, 0) is 44.6 Å². The second-order valence-electron chi connectivity index (χ2n) is 8.86. The van der Waals surface area contributed by atoms with Crippen LogP contribution in [0.25, 0.3) is 0 Å². The summed E-state index contributed by atoms with van der Waals surface area (Å²) in [5.41, 5.74) is 0.786. The molecule has 0 saturated heterocycles. The molecule has 0 unspecified atom stereocenters. The maximum atomic E-state index is 11.9. The van der Waals surface area contributed by atoms with Crippen LogP contribution < -0.4 is 5.32 Å². The molecule has 32 heavy (non-hydrogen) atoms. The molecule has 1 amide bonds. The molecule has 2 N–H and O–H groups in total. The predicted octanol–water partition coefficient (Wildman–Crippen LogP) is 7.87. The Labute approximate surface area is 196 Å². The molecule has 4 nitrogen and oxygen atoms in total. The summed E-state index contributed by atoms with van der Waals surface area (Å²) in [6.07, 6.45) is 21.1. The Balaban J connectivity index is 1.89. The van der Waals surface area contributed by atoms with Crippen molar-refractivity contribution in [3.05, 3.63) is 48.0 Å². The van der Waals surface area contributed by atoms with Gasteiger partial charge in [0.2, 0.25) is 0 Å². The van der Waals surface area contributed by atoms with Crippen LogP contribution in [0.15, 0.2) is 42.5 Å². The third-order valence-electron chi connectivity index (χ3n) is 5.85. The first-order chi connectivity index (χ1) is 15.6. The van der Waals surface area contributed by atoms with Crippen molar-refractivity contribution in [2.24, 2.45) is 0 Å². The zero-order chi connectivity index (χ0) is 23.3. The molecule has 0 saturated carbocycles. The number of ether oxygens (including phenoxy) is 1. The first-order valence-corrected chi connectivity index (χ1v) is 13.0. The second-order valence-corrected chi connectivity index (χ2v) is 8.86. The van der Waals surface area contributed by atoms with E-state index in [4.69, 9.17) is 4.74 Å². The number of carbonyl (C=O) groups excluding carboxylic acids is 1. The number of hydrogen-bond acceptors (Lipinski definition) is 3. The maximum Gasteiger partial charge on any atom is 0.407 e. The lowest BCUT2D eigenvalue weighted by Crippen LogP contribution is -2.37. The van der Waals surface area contributed by atoms with Crippen molar-refractivity contribution in [1.29, 1.82) is 0 Å². The molecule has 0 heterocycles. The molecule has 0 radical (unpaired) electrons. The highest BCUT2D eigenvalue weighted by Gasteiger charge is 2.18. The quantitative estimate of drug-likeness (QED) is 0.168. The molecular weight excluding hydrogens is 398 g/mol. The first kappa shape index (κ1) is 28.2. The van der Waals surface area contributed by atoms with Crippen LogP contribution in [0, 0.1) is 0 Å². The van der Waals surface area contributed by atoms with Crippen LogP contribution in [0.4, 0.5) is 4.79 Å². The summed E-state index contributed by atoms with van der Waals surface area (Å²) in [7, 11) is 0. The Morgan fingerprint density at radius 2 is 1.41 bits per heavy atom. The molecule has 0 aliphatic heterocycles. The van der Waals surface area contributed by atoms with Crippen LogP contribution in [0.5, 0.6) is 0 Å². The minimum atomic E-state index is -0.742. The summed E-state index contributed by atoms with van der Waals surface area (Å²) < 4.78 is 5.25. The zero-order valence-corrected chi connectivity index (χ0v) is 20.6. The van der Waals surface area contributed by atoms with Gasteiger partial charge in [-0.25, -0.2) is 4.79 Å². The fourth-order valence-electron chi connectivity index (χ4n) is 3.76. The number of unbranched alkanes of at least 4 members (excludes halogenated alkanes) is 12. The average molecular weight is 446 g/mol. The molecular formula is C28H47NO3. The lowest BCUT2D eigenvalue weighted by atomic mass is 10.0. The summed E-state index contributed by atoms with van der Waals surface area (Å²) in [4.78, 5) is 11.9. The molecule has 1 aromatic rings. The predicted molar refractivity (Wildman–Crippen MR) is 135 cm³/mol. The van der Waals surface area contributed by atoms with E-state index in [9.17, 15) is 9.90 Å². The topological polar surface area (TPSA) is 58.6 Å². The van der Waals surface area contributed by atoms with Crippen molar-refractivity contribution >= 4 is 6.09 Å². The van der Waals surface area contributed by atoms with Crippen LogP contribution in [-0.2, 0) is 4.74 Å². The van der Waals surface area contributed by atoms with Gasteiger partial charge in [0.15, 0.2) is 0 Å². The molecule has 0 bridgehead atoms. The normalized spacial score (nSPS) is 13.2. The summed E-state index contributed by atoms with van der Waals surface area (Å²) in [5, 5.41) is 13.0. The summed E-state index contributed by atoms with van der Waals surface area (Å²) in [5.74, 6) is 0. The number of amides is 1. The van der Waals surface area contributed by atoms with E-state index < -0.39 is 18.2 Å². The monoisotopic (exact) mass is 445 g/mol. The Morgan fingerprint density at radius 1 is 0.875 bits per heavy atom. The number of carbonyl (C=O) groups is 1. The van der Waals surface area contributed by atoms with Gasteiger partial charge in [0.05, 0.1) is 18.8 Å². The number of allylic oxidation sites excluding steroid dienone is 2. The molecule has 1 rings (SSSR count). The van der Waals surface area contributed by atoms with E-state index in [1.165, 1.54) is 77.0 Å². The number of rotatable bonds is 19. The fraction of sp³-hybridized carbons (Fsp3) is 0.679. The highest BCUT2D eigenvalue weighted by Crippen LogP contribution is 2.16. The van der Waals surface area contributed by atoms with Crippen molar-refractivity contribution in [2.75, 3.05) is 6.61 Å². The molecule has 0 aliphatic carbocycles. The second kappa shape index (κ2) is 19.8. The van der Waals surface area contributed by atoms with Crippen LogP contribution in [0.2, 0.25) is 0 Å². The van der Waals surface area contributed by atoms with Gasteiger partial charge in [0.1, 0.15) is 0 Å². The molecule has 0 spiro atoms. The Kier molecular flexibility index (Phi) is 17.5. The summed E-state index contributed by atoms with van der Waals surface area (Å²) in [6, 6.07) is 8.94. The van der Waals surface area contributed by atoms with Crippen LogP contribution in [0.3, 0.4) is 0 Å². The van der Waals surface area contributed by atoms with E-state index >= 15 is 0 Å². The molecule has 2 atom stereocenters. The Bertz CT molecular complexity index is 588. The average Bonchev–Trinajstić information content (AvgIpc) is 2.81.